The number of nitriles is 1. The highest BCUT2D eigenvalue weighted by Crippen LogP contribution is 2.15. The van der Waals surface area contributed by atoms with Crippen molar-refractivity contribution in [3.05, 3.63) is 41.0 Å². The maximum absolute atomic E-state index is 13.2. The van der Waals surface area contributed by atoms with Crippen molar-refractivity contribution in [2.24, 2.45) is 0 Å². The Morgan fingerprint density at radius 2 is 2.00 bits per heavy atom. The van der Waals surface area contributed by atoms with Gasteiger partial charge in [-0.1, -0.05) is 12.2 Å². The first kappa shape index (κ1) is 12.3. The van der Waals surface area contributed by atoms with Crippen LogP contribution in [0.25, 0.3) is 6.08 Å². The summed E-state index contributed by atoms with van der Waals surface area (Å²) in [5, 5.41) is 11.4. The number of hydrogen-bond acceptors (Lipinski definition) is 2. The van der Waals surface area contributed by atoms with Crippen LogP contribution in [0.4, 0.5) is 8.78 Å². The lowest BCUT2D eigenvalue weighted by atomic mass is 10.1. The molecule has 4 heteroatoms. The number of nitrogens with zero attached hydrogens (tertiary/aromatic N) is 1. The van der Waals surface area contributed by atoms with E-state index in [2.05, 4.69) is 5.32 Å². The van der Waals surface area contributed by atoms with Crippen molar-refractivity contribution in [2.45, 2.75) is 6.42 Å². The molecule has 0 aliphatic carbocycles. The molecule has 1 rings (SSSR count). The van der Waals surface area contributed by atoms with Crippen LogP contribution in [0.15, 0.2) is 18.2 Å². The summed E-state index contributed by atoms with van der Waals surface area (Å²) >= 11 is 0. The summed E-state index contributed by atoms with van der Waals surface area (Å²) < 4.78 is 26.4. The van der Waals surface area contributed by atoms with Crippen molar-refractivity contribution in [2.75, 3.05) is 13.6 Å². The summed E-state index contributed by atoms with van der Waals surface area (Å²) in [6, 6.07) is 3.78. The monoisotopic (exact) mass is 222 g/mol. The zero-order chi connectivity index (χ0) is 12.0. The van der Waals surface area contributed by atoms with E-state index in [1.165, 1.54) is 6.07 Å². The van der Waals surface area contributed by atoms with Gasteiger partial charge in [-0.3, -0.25) is 0 Å². The van der Waals surface area contributed by atoms with Crippen LogP contribution >= 0.6 is 0 Å². The van der Waals surface area contributed by atoms with E-state index in [-0.39, 0.29) is 0 Å². The summed E-state index contributed by atoms with van der Waals surface area (Å²) in [7, 11) is 1.83. The molecule has 0 spiro atoms. The van der Waals surface area contributed by atoms with Crippen LogP contribution in [0.2, 0.25) is 0 Å². The largest absolute Gasteiger partial charge is 0.319 e. The first-order chi connectivity index (χ1) is 7.69. The standard InChI is InChI=1S/C12H12F2N2/c1-16-5-3-2-4-9-6-11(13)10(8-15)12(14)7-9/h2,4,6-7,16H,3,5H2,1H3. The van der Waals surface area contributed by atoms with Crippen LogP contribution in [0.3, 0.4) is 0 Å². The maximum atomic E-state index is 13.2. The van der Waals surface area contributed by atoms with Crippen molar-refractivity contribution in [3.8, 4) is 6.07 Å². The highest BCUT2D eigenvalue weighted by molar-refractivity contribution is 5.51. The minimum absolute atomic E-state index is 0.421. The highest BCUT2D eigenvalue weighted by Gasteiger charge is 2.08. The lowest BCUT2D eigenvalue weighted by Crippen LogP contribution is -2.05. The molecule has 1 aromatic carbocycles. The van der Waals surface area contributed by atoms with Gasteiger partial charge in [0.15, 0.2) is 0 Å². The zero-order valence-corrected chi connectivity index (χ0v) is 8.93. The van der Waals surface area contributed by atoms with Crippen LogP contribution in [0.5, 0.6) is 0 Å². The molecule has 2 nitrogen and oxygen atoms in total. The van der Waals surface area contributed by atoms with E-state index in [0.717, 1.165) is 25.1 Å². The third-order valence-corrected chi connectivity index (χ3v) is 2.05. The molecule has 0 aliphatic heterocycles. The van der Waals surface area contributed by atoms with Gasteiger partial charge in [0, 0.05) is 0 Å². The lowest BCUT2D eigenvalue weighted by molar-refractivity contribution is 0.576. The Kier molecular flexibility index (Phi) is 4.62. The van der Waals surface area contributed by atoms with Gasteiger partial charge in [-0.05, 0) is 37.7 Å². The highest BCUT2D eigenvalue weighted by atomic mass is 19.1. The van der Waals surface area contributed by atoms with E-state index in [1.807, 2.05) is 13.1 Å². The van der Waals surface area contributed by atoms with Crippen molar-refractivity contribution < 1.29 is 8.78 Å². The smallest absolute Gasteiger partial charge is 0.144 e. The lowest BCUT2D eigenvalue weighted by Gasteiger charge is -1.99. The molecule has 0 aromatic heterocycles. The molecule has 84 valence electrons. The second-order valence-corrected chi connectivity index (χ2v) is 3.27. The van der Waals surface area contributed by atoms with Gasteiger partial charge in [0.2, 0.25) is 0 Å². The number of hydrogen-bond donors (Lipinski definition) is 1. The average molecular weight is 222 g/mol. The molecule has 0 unspecified atom stereocenters. The fourth-order valence-corrected chi connectivity index (χ4v) is 1.24. The SMILES string of the molecule is CNCCC=Cc1cc(F)c(C#N)c(F)c1. The summed E-state index contributed by atoms with van der Waals surface area (Å²) in [4.78, 5) is 0. The maximum Gasteiger partial charge on any atom is 0.144 e. The molecule has 0 atom stereocenters. The minimum atomic E-state index is -0.823. The molecule has 0 aliphatic rings. The van der Waals surface area contributed by atoms with E-state index in [4.69, 9.17) is 5.26 Å². The van der Waals surface area contributed by atoms with Crippen molar-refractivity contribution in [1.82, 2.24) is 5.32 Å². The Morgan fingerprint density at radius 3 is 2.50 bits per heavy atom. The number of benzene rings is 1. The van der Waals surface area contributed by atoms with Gasteiger partial charge < -0.3 is 5.32 Å². The Morgan fingerprint density at radius 1 is 1.38 bits per heavy atom. The van der Waals surface area contributed by atoms with Gasteiger partial charge in [-0.2, -0.15) is 5.26 Å². The Labute approximate surface area is 93.2 Å². The molecule has 1 aromatic rings. The van der Waals surface area contributed by atoms with E-state index in [1.54, 1.807) is 6.08 Å². The molecular weight excluding hydrogens is 210 g/mol. The van der Waals surface area contributed by atoms with Crippen molar-refractivity contribution in [1.29, 1.82) is 5.26 Å². The van der Waals surface area contributed by atoms with Gasteiger partial charge in [-0.25, -0.2) is 8.78 Å². The first-order valence-corrected chi connectivity index (χ1v) is 4.89. The summed E-state index contributed by atoms with van der Waals surface area (Å²) in [6.07, 6.45) is 4.22. The summed E-state index contributed by atoms with van der Waals surface area (Å²) in [5.41, 5.74) is -0.113. The molecule has 16 heavy (non-hydrogen) atoms. The number of rotatable bonds is 4. The van der Waals surface area contributed by atoms with E-state index < -0.39 is 17.2 Å². The first-order valence-electron chi connectivity index (χ1n) is 4.89. The van der Waals surface area contributed by atoms with Crippen LogP contribution in [-0.2, 0) is 0 Å². The second-order valence-electron chi connectivity index (χ2n) is 3.27. The van der Waals surface area contributed by atoms with E-state index >= 15 is 0 Å². The van der Waals surface area contributed by atoms with E-state index in [0.29, 0.717) is 5.56 Å². The second kappa shape index (κ2) is 5.99. The van der Waals surface area contributed by atoms with Crippen LogP contribution in [0, 0.1) is 23.0 Å². The quantitative estimate of drug-likeness (QED) is 0.794. The van der Waals surface area contributed by atoms with Crippen LogP contribution < -0.4 is 5.32 Å². The van der Waals surface area contributed by atoms with E-state index in [9.17, 15) is 8.78 Å². The molecule has 0 amide bonds. The Bertz CT molecular complexity index is 410. The molecule has 0 radical (unpaired) electrons. The van der Waals surface area contributed by atoms with Gasteiger partial charge in [0.05, 0.1) is 0 Å². The predicted molar refractivity (Wildman–Crippen MR) is 58.7 cm³/mol. The Hall–Kier alpha value is -1.73. The summed E-state index contributed by atoms with van der Waals surface area (Å²) in [5.74, 6) is -1.65. The molecule has 0 saturated heterocycles. The van der Waals surface area contributed by atoms with Crippen molar-refractivity contribution >= 4 is 6.08 Å². The molecular formula is C12H12F2N2. The minimum Gasteiger partial charge on any atom is -0.319 e. The third-order valence-electron chi connectivity index (χ3n) is 2.05. The molecule has 0 saturated carbocycles. The average Bonchev–Trinajstić information content (AvgIpc) is 2.24. The number of nitrogens with one attached hydrogen (secondary N) is 1. The fourth-order valence-electron chi connectivity index (χ4n) is 1.24. The predicted octanol–water partition coefficient (Wildman–Crippen LogP) is 2.46. The topological polar surface area (TPSA) is 35.8 Å². The van der Waals surface area contributed by atoms with Gasteiger partial charge in [-0.15, -0.1) is 0 Å². The third kappa shape index (κ3) is 3.14. The zero-order valence-electron chi connectivity index (χ0n) is 8.93. The molecule has 0 fully saturated rings. The van der Waals surface area contributed by atoms with Gasteiger partial charge >= 0.3 is 0 Å². The molecule has 0 heterocycles. The van der Waals surface area contributed by atoms with Gasteiger partial charge in [0.1, 0.15) is 23.3 Å². The molecule has 0 bridgehead atoms. The van der Waals surface area contributed by atoms with Crippen LogP contribution in [0.1, 0.15) is 17.5 Å². The molecule has 1 N–H and O–H groups in total. The fraction of sp³-hybridized carbons (Fsp3) is 0.250. The summed E-state index contributed by atoms with van der Waals surface area (Å²) in [6.45, 7) is 0.803. The normalized spacial score (nSPS) is 10.6. The van der Waals surface area contributed by atoms with Gasteiger partial charge in [0.25, 0.3) is 0 Å². The van der Waals surface area contributed by atoms with Crippen LogP contribution in [-0.4, -0.2) is 13.6 Å². The number of halogens is 2. The van der Waals surface area contributed by atoms with Crippen molar-refractivity contribution in [3.63, 3.8) is 0 Å². The Balaban J connectivity index is 2.84.